The molecule has 10 heteroatoms. The van der Waals surface area contributed by atoms with Gasteiger partial charge in [0.2, 0.25) is 11.9 Å². The van der Waals surface area contributed by atoms with Gasteiger partial charge in [-0.15, -0.1) is 0 Å². The lowest BCUT2D eigenvalue weighted by molar-refractivity contribution is -0.125. The van der Waals surface area contributed by atoms with Gasteiger partial charge < -0.3 is 15.4 Å². The third-order valence-corrected chi connectivity index (χ3v) is 5.49. The van der Waals surface area contributed by atoms with Crippen molar-refractivity contribution in [2.24, 2.45) is 0 Å². The van der Waals surface area contributed by atoms with E-state index in [-0.39, 0.29) is 36.2 Å². The zero-order chi connectivity index (χ0) is 21.8. The van der Waals surface area contributed by atoms with Crippen molar-refractivity contribution < 1.29 is 18.7 Å². The first-order valence-electron chi connectivity index (χ1n) is 10.4. The van der Waals surface area contributed by atoms with Crippen LogP contribution in [0.25, 0.3) is 11.3 Å². The van der Waals surface area contributed by atoms with Gasteiger partial charge in [0, 0.05) is 30.8 Å². The molecule has 2 fully saturated rings. The summed E-state index contributed by atoms with van der Waals surface area (Å²) in [4.78, 5) is 37.6. The van der Waals surface area contributed by atoms with Crippen LogP contribution in [0.3, 0.4) is 0 Å². The molecule has 0 radical (unpaired) electrons. The average molecular weight is 428 g/mol. The van der Waals surface area contributed by atoms with E-state index in [0.717, 1.165) is 31.9 Å². The second-order valence-electron chi connectivity index (χ2n) is 7.78. The van der Waals surface area contributed by atoms with Crippen molar-refractivity contribution in [1.82, 2.24) is 20.3 Å². The van der Waals surface area contributed by atoms with Gasteiger partial charge in [-0.2, -0.15) is 0 Å². The number of morpholine rings is 1. The highest BCUT2D eigenvalue weighted by Gasteiger charge is 2.24. The van der Waals surface area contributed by atoms with Crippen LogP contribution >= 0.6 is 0 Å². The van der Waals surface area contributed by atoms with Gasteiger partial charge in [0.15, 0.2) is 5.82 Å². The van der Waals surface area contributed by atoms with Gasteiger partial charge in [0.05, 0.1) is 19.3 Å². The Morgan fingerprint density at radius 2 is 2.00 bits per heavy atom. The number of carbonyl (C=O) groups is 2. The van der Waals surface area contributed by atoms with Crippen LogP contribution in [0.4, 0.5) is 16.2 Å². The number of halogens is 1. The fourth-order valence-corrected chi connectivity index (χ4v) is 3.96. The Morgan fingerprint density at radius 3 is 2.74 bits per heavy atom. The largest absolute Gasteiger partial charge is 0.370 e. The predicted molar refractivity (Wildman–Crippen MR) is 112 cm³/mol. The maximum absolute atomic E-state index is 14.5. The van der Waals surface area contributed by atoms with Crippen LogP contribution in [-0.4, -0.2) is 58.6 Å². The van der Waals surface area contributed by atoms with Gasteiger partial charge in [-0.25, -0.2) is 19.3 Å². The number of ether oxygens (including phenoxy) is 1. The summed E-state index contributed by atoms with van der Waals surface area (Å²) >= 11 is 0. The summed E-state index contributed by atoms with van der Waals surface area (Å²) < 4.78 is 19.7. The van der Waals surface area contributed by atoms with E-state index in [0.29, 0.717) is 30.5 Å². The van der Waals surface area contributed by atoms with Crippen molar-refractivity contribution in [3.05, 3.63) is 30.3 Å². The molecule has 31 heavy (non-hydrogen) atoms. The van der Waals surface area contributed by atoms with Crippen LogP contribution in [0, 0.1) is 5.82 Å². The quantitative estimate of drug-likeness (QED) is 0.749. The number of hydrogen-bond acceptors (Lipinski definition) is 7. The Labute approximate surface area is 179 Å². The Morgan fingerprint density at radius 1 is 1.23 bits per heavy atom. The molecule has 1 aliphatic carbocycles. The molecular weight excluding hydrogens is 403 g/mol. The van der Waals surface area contributed by atoms with Crippen molar-refractivity contribution >= 4 is 23.6 Å². The number of anilines is 2. The summed E-state index contributed by atoms with van der Waals surface area (Å²) in [5.41, 5.74) is 0.662. The number of amides is 2. The summed E-state index contributed by atoms with van der Waals surface area (Å²) in [7, 11) is 0. The first-order chi connectivity index (χ1) is 15.0. The van der Waals surface area contributed by atoms with Gasteiger partial charge in [0.25, 0.3) is 5.91 Å². The molecule has 164 valence electrons. The Balaban J connectivity index is 1.48. The molecule has 0 aromatic carbocycles. The molecule has 0 unspecified atom stereocenters. The van der Waals surface area contributed by atoms with E-state index in [4.69, 9.17) is 4.74 Å². The van der Waals surface area contributed by atoms with Crippen LogP contribution in [0.1, 0.15) is 32.6 Å². The number of hydrogen-bond donors (Lipinski definition) is 2. The normalized spacial score (nSPS) is 21.6. The first kappa shape index (κ1) is 21.1. The highest BCUT2D eigenvalue weighted by atomic mass is 19.1. The molecule has 2 N–H and O–H groups in total. The van der Waals surface area contributed by atoms with Crippen molar-refractivity contribution in [2.75, 3.05) is 30.0 Å². The number of aromatic nitrogens is 3. The lowest BCUT2D eigenvalue weighted by Crippen LogP contribution is -2.42. The molecule has 9 nitrogen and oxygen atoms in total. The van der Waals surface area contributed by atoms with Gasteiger partial charge in [-0.3, -0.25) is 14.5 Å². The Kier molecular flexibility index (Phi) is 6.36. The molecule has 0 atom stereocenters. The fourth-order valence-electron chi connectivity index (χ4n) is 3.96. The molecule has 0 bridgehead atoms. The third-order valence-electron chi connectivity index (χ3n) is 5.49. The Bertz CT molecular complexity index is 964. The number of carbonyl (C=O) groups excluding carboxylic acids is 2. The zero-order valence-electron chi connectivity index (χ0n) is 17.3. The standard InChI is InChI=1S/C21H25FN6O3/c1-13(29)25-15-2-4-16(5-3-15)26-21-24-11-17(22)20(27-21)14-6-7-23-18(10-14)28-8-9-31-12-19(28)30/h6-7,10-11,15-16H,2-5,8-9,12H2,1H3,(H,25,29)(H,24,26,27). The van der Waals surface area contributed by atoms with E-state index >= 15 is 0 Å². The highest BCUT2D eigenvalue weighted by Crippen LogP contribution is 2.26. The molecule has 2 aliphatic rings. The zero-order valence-corrected chi connectivity index (χ0v) is 17.3. The van der Waals surface area contributed by atoms with Crippen molar-refractivity contribution in [3.63, 3.8) is 0 Å². The van der Waals surface area contributed by atoms with Crippen molar-refractivity contribution in [2.45, 2.75) is 44.7 Å². The maximum Gasteiger partial charge on any atom is 0.254 e. The third kappa shape index (κ3) is 5.13. The molecule has 1 aliphatic heterocycles. The van der Waals surface area contributed by atoms with Crippen LogP contribution in [0.2, 0.25) is 0 Å². The summed E-state index contributed by atoms with van der Waals surface area (Å²) in [5, 5.41) is 6.23. The molecule has 4 rings (SSSR count). The van der Waals surface area contributed by atoms with E-state index in [2.05, 4.69) is 25.6 Å². The summed E-state index contributed by atoms with van der Waals surface area (Å²) in [6, 6.07) is 3.65. The van der Waals surface area contributed by atoms with Crippen molar-refractivity contribution in [1.29, 1.82) is 0 Å². The molecule has 1 saturated carbocycles. The summed E-state index contributed by atoms with van der Waals surface area (Å²) in [6.07, 6.45) is 6.14. The van der Waals surface area contributed by atoms with Crippen LogP contribution in [-0.2, 0) is 14.3 Å². The topological polar surface area (TPSA) is 109 Å². The Hall–Kier alpha value is -3.14. The second-order valence-corrected chi connectivity index (χ2v) is 7.78. The number of nitrogens with one attached hydrogen (secondary N) is 2. The minimum absolute atomic E-state index is 0.00598. The minimum atomic E-state index is -0.551. The van der Waals surface area contributed by atoms with Gasteiger partial charge >= 0.3 is 0 Å². The molecule has 2 aromatic heterocycles. The lowest BCUT2D eigenvalue weighted by Gasteiger charge is -2.29. The smallest absolute Gasteiger partial charge is 0.254 e. The molecule has 3 heterocycles. The van der Waals surface area contributed by atoms with Crippen LogP contribution in [0.5, 0.6) is 0 Å². The van der Waals surface area contributed by atoms with E-state index in [9.17, 15) is 14.0 Å². The van der Waals surface area contributed by atoms with E-state index in [1.54, 1.807) is 12.1 Å². The van der Waals surface area contributed by atoms with Gasteiger partial charge in [-0.05, 0) is 37.8 Å². The summed E-state index contributed by atoms with van der Waals surface area (Å²) in [5.74, 6) is 0.0369. The number of pyridine rings is 1. The van der Waals surface area contributed by atoms with E-state index < -0.39 is 5.82 Å². The lowest BCUT2D eigenvalue weighted by atomic mass is 9.91. The molecule has 2 amide bonds. The molecule has 2 aromatic rings. The van der Waals surface area contributed by atoms with E-state index in [1.807, 2.05) is 0 Å². The first-order valence-corrected chi connectivity index (χ1v) is 10.4. The maximum atomic E-state index is 14.5. The fraction of sp³-hybridized carbons (Fsp3) is 0.476. The van der Waals surface area contributed by atoms with Gasteiger partial charge in [0.1, 0.15) is 18.1 Å². The van der Waals surface area contributed by atoms with Crippen molar-refractivity contribution in [3.8, 4) is 11.3 Å². The SMILES string of the molecule is CC(=O)NC1CCC(Nc2ncc(F)c(-c3ccnc(N4CCOCC4=O)c3)n2)CC1. The molecule has 1 saturated heterocycles. The monoisotopic (exact) mass is 428 g/mol. The second kappa shape index (κ2) is 9.34. The van der Waals surface area contributed by atoms with E-state index in [1.165, 1.54) is 18.0 Å². The number of rotatable bonds is 5. The molecule has 0 spiro atoms. The number of nitrogens with zero attached hydrogens (tertiary/aromatic N) is 4. The average Bonchev–Trinajstić information content (AvgIpc) is 2.76. The minimum Gasteiger partial charge on any atom is -0.370 e. The van der Waals surface area contributed by atoms with Crippen LogP contribution in [0.15, 0.2) is 24.5 Å². The molecular formula is C21H25FN6O3. The van der Waals surface area contributed by atoms with Crippen LogP contribution < -0.4 is 15.5 Å². The van der Waals surface area contributed by atoms with Gasteiger partial charge in [-0.1, -0.05) is 0 Å². The predicted octanol–water partition coefficient (Wildman–Crippen LogP) is 1.90. The highest BCUT2D eigenvalue weighted by molar-refractivity contribution is 5.94. The summed E-state index contributed by atoms with van der Waals surface area (Å²) in [6.45, 7) is 2.36.